The molecule has 0 spiro atoms. The normalized spacial score (nSPS) is 20.9. The zero-order chi connectivity index (χ0) is 14.8. The Hall–Kier alpha value is -1.06. The second-order valence-corrected chi connectivity index (χ2v) is 6.92. The van der Waals surface area contributed by atoms with Gasteiger partial charge in [-0.3, -0.25) is 0 Å². The Bertz CT molecular complexity index is 421. The van der Waals surface area contributed by atoms with Crippen molar-refractivity contribution in [3.05, 3.63) is 29.8 Å². The quantitative estimate of drug-likeness (QED) is 0.914. The maximum absolute atomic E-state index is 6.14. The van der Waals surface area contributed by atoms with E-state index in [9.17, 15) is 0 Å². The lowest BCUT2D eigenvalue weighted by Gasteiger charge is -2.48. The molecule has 1 N–H and O–H groups in total. The summed E-state index contributed by atoms with van der Waals surface area (Å²) in [5.41, 5.74) is 2.41. The summed E-state index contributed by atoms with van der Waals surface area (Å²) in [6.45, 7) is 14.6. The molecular formula is C17H28N2O. The molecule has 3 heteroatoms. The molecule has 1 aliphatic rings. The molecule has 0 unspecified atom stereocenters. The van der Waals surface area contributed by atoms with Crippen LogP contribution in [0.1, 0.15) is 40.2 Å². The number of hydrogen-bond acceptors (Lipinski definition) is 3. The third-order valence-corrected chi connectivity index (χ3v) is 3.58. The maximum Gasteiger partial charge on any atom is 0.0808 e. The van der Waals surface area contributed by atoms with Gasteiger partial charge in [0.25, 0.3) is 0 Å². The fourth-order valence-corrected chi connectivity index (χ4v) is 3.06. The minimum atomic E-state index is -0.107. The highest BCUT2D eigenvalue weighted by Gasteiger charge is 2.38. The molecule has 0 atom stereocenters. The number of benzene rings is 1. The number of anilines is 1. The maximum atomic E-state index is 6.14. The predicted molar refractivity (Wildman–Crippen MR) is 85.3 cm³/mol. The standard InChI is InChI=1S/C17H28N2O/c1-6-18-11-14-7-9-15(10-8-14)19-12-16(2,3)20-17(4,5)13-19/h7-10,18H,6,11-13H2,1-5H3. The van der Waals surface area contributed by atoms with E-state index in [1.807, 2.05) is 0 Å². The first-order chi connectivity index (χ1) is 9.31. The molecule has 2 rings (SSSR count). The number of rotatable bonds is 4. The van der Waals surface area contributed by atoms with E-state index in [4.69, 9.17) is 4.74 Å². The summed E-state index contributed by atoms with van der Waals surface area (Å²) in [7, 11) is 0. The van der Waals surface area contributed by atoms with Gasteiger partial charge in [-0.2, -0.15) is 0 Å². The molecule has 0 saturated carbocycles. The van der Waals surface area contributed by atoms with E-state index >= 15 is 0 Å². The summed E-state index contributed by atoms with van der Waals surface area (Å²) in [4.78, 5) is 2.43. The molecule has 1 aliphatic heterocycles. The minimum absolute atomic E-state index is 0.107. The Labute approximate surface area is 123 Å². The minimum Gasteiger partial charge on any atom is -0.366 e. The van der Waals surface area contributed by atoms with Crippen LogP contribution in [-0.2, 0) is 11.3 Å². The van der Waals surface area contributed by atoms with Crippen molar-refractivity contribution in [3.63, 3.8) is 0 Å². The molecule has 0 amide bonds. The van der Waals surface area contributed by atoms with Gasteiger partial charge in [0.1, 0.15) is 0 Å². The van der Waals surface area contributed by atoms with Crippen molar-refractivity contribution < 1.29 is 4.74 Å². The van der Waals surface area contributed by atoms with Gasteiger partial charge in [0.2, 0.25) is 0 Å². The third kappa shape index (κ3) is 3.97. The van der Waals surface area contributed by atoms with E-state index in [1.54, 1.807) is 0 Å². The Morgan fingerprint density at radius 3 is 2.10 bits per heavy atom. The Kier molecular flexibility index (Phi) is 4.40. The van der Waals surface area contributed by atoms with E-state index in [1.165, 1.54) is 11.3 Å². The van der Waals surface area contributed by atoms with Crippen LogP contribution in [0.5, 0.6) is 0 Å². The summed E-state index contributed by atoms with van der Waals surface area (Å²) >= 11 is 0. The van der Waals surface area contributed by atoms with Gasteiger partial charge < -0.3 is 15.0 Å². The van der Waals surface area contributed by atoms with Gasteiger partial charge in [0.05, 0.1) is 11.2 Å². The average molecular weight is 276 g/mol. The van der Waals surface area contributed by atoms with Gasteiger partial charge in [0.15, 0.2) is 0 Å². The molecule has 3 nitrogen and oxygen atoms in total. The molecule has 112 valence electrons. The van der Waals surface area contributed by atoms with Crippen LogP contribution in [0.4, 0.5) is 5.69 Å². The second-order valence-electron chi connectivity index (χ2n) is 6.92. The lowest BCUT2D eigenvalue weighted by atomic mass is 9.98. The largest absolute Gasteiger partial charge is 0.366 e. The lowest BCUT2D eigenvalue weighted by Crippen LogP contribution is -2.57. The average Bonchev–Trinajstić information content (AvgIpc) is 2.33. The van der Waals surface area contributed by atoms with Crippen LogP contribution < -0.4 is 10.2 Å². The molecule has 0 aliphatic carbocycles. The van der Waals surface area contributed by atoms with E-state index in [2.05, 4.69) is 69.1 Å². The van der Waals surface area contributed by atoms with Crippen LogP contribution in [0.3, 0.4) is 0 Å². The van der Waals surface area contributed by atoms with Crippen LogP contribution in [0, 0.1) is 0 Å². The molecular weight excluding hydrogens is 248 g/mol. The number of nitrogens with one attached hydrogen (secondary N) is 1. The van der Waals surface area contributed by atoms with Crippen LogP contribution >= 0.6 is 0 Å². The highest BCUT2D eigenvalue weighted by Crippen LogP contribution is 2.31. The van der Waals surface area contributed by atoms with Crippen LogP contribution in [0.15, 0.2) is 24.3 Å². The molecule has 1 fully saturated rings. The Morgan fingerprint density at radius 2 is 1.60 bits per heavy atom. The Morgan fingerprint density at radius 1 is 1.05 bits per heavy atom. The summed E-state index contributed by atoms with van der Waals surface area (Å²) in [6.07, 6.45) is 0. The molecule has 0 bridgehead atoms. The molecule has 1 heterocycles. The highest BCUT2D eigenvalue weighted by molar-refractivity contribution is 5.49. The van der Waals surface area contributed by atoms with E-state index < -0.39 is 0 Å². The fourth-order valence-electron chi connectivity index (χ4n) is 3.06. The zero-order valence-electron chi connectivity index (χ0n) is 13.5. The van der Waals surface area contributed by atoms with Crippen molar-refractivity contribution in [2.45, 2.75) is 52.4 Å². The topological polar surface area (TPSA) is 24.5 Å². The van der Waals surface area contributed by atoms with E-state index in [0.717, 1.165) is 26.2 Å². The molecule has 20 heavy (non-hydrogen) atoms. The van der Waals surface area contributed by atoms with Crippen molar-refractivity contribution in [3.8, 4) is 0 Å². The first kappa shape index (κ1) is 15.3. The molecule has 0 aromatic heterocycles. The fraction of sp³-hybridized carbons (Fsp3) is 0.647. The third-order valence-electron chi connectivity index (χ3n) is 3.58. The predicted octanol–water partition coefficient (Wildman–Crippen LogP) is 3.19. The van der Waals surface area contributed by atoms with Crippen LogP contribution in [-0.4, -0.2) is 30.8 Å². The summed E-state index contributed by atoms with van der Waals surface area (Å²) in [5.74, 6) is 0. The smallest absolute Gasteiger partial charge is 0.0808 e. The van der Waals surface area contributed by atoms with E-state index in [0.29, 0.717) is 0 Å². The summed E-state index contributed by atoms with van der Waals surface area (Å²) < 4.78 is 6.14. The van der Waals surface area contributed by atoms with Gasteiger partial charge in [-0.25, -0.2) is 0 Å². The number of ether oxygens (including phenoxy) is 1. The van der Waals surface area contributed by atoms with Gasteiger partial charge in [0, 0.05) is 25.3 Å². The molecule has 0 radical (unpaired) electrons. The van der Waals surface area contributed by atoms with Crippen LogP contribution in [0.25, 0.3) is 0 Å². The molecule has 1 saturated heterocycles. The second kappa shape index (κ2) is 5.74. The molecule has 1 aromatic carbocycles. The summed E-state index contributed by atoms with van der Waals surface area (Å²) in [6, 6.07) is 8.88. The van der Waals surface area contributed by atoms with Gasteiger partial charge in [-0.05, 0) is 51.9 Å². The van der Waals surface area contributed by atoms with Crippen molar-refractivity contribution in [1.82, 2.24) is 5.32 Å². The van der Waals surface area contributed by atoms with Crippen LogP contribution in [0.2, 0.25) is 0 Å². The Balaban J connectivity index is 2.10. The van der Waals surface area contributed by atoms with Crippen molar-refractivity contribution in [1.29, 1.82) is 0 Å². The monoisotopic (exact) mass is 276 g/mol. The SMILES string of the molecule is CCNCc1ccc(N2CC(C)(C)OC(C)(C)C2)cc1. The first-order valence-corrected chi connectivity index (χ1v) is 7.56. The van der Waals surface area contributed by atoms with Crippen molar-refractivity contribution in [2.24, 2.45) is 0 Å². The first-order valence-electron chi connectivity index (χ1n) is 7.56. The highest BCUT2D eigenvalue weighted by atomic mass is 16.5. The summed E-state index contributed by atoms with van der Waals surface area (Å²) in [5, 5.41) is 3.36. The number of nitrogens with zero attached hydrogens (tertiary/aromatic N) is 1. The number of morpholine rings is 1. The van der Waals surface area contributed by atoms with Crippen molar-refractivity contribution >= 4 is 5.69 Å². The zero-order valence-corrected chi connectivity index (χ0v) is 13.5. The number of hydrogen-bond donors (Lipinski definition) is 1. The van der Waals surface area contributed by atoms with Gasteiger partial charge in [-0.1, -0.05) is 19.1 Å². The van der Waals surface area contributed by atoms with Crippen molar-refractivity contribution in [2.75, 3.05) is 24.5 Å². The van der Waals surface area contributed by atoms with Gasteiger partial charge in [-0.15, -0.1) is 0 Å². The molecule has 1 aromatic rings. The lowest BCUT2D eigenvalue weighted by molar-refractivity contribution is -0.133. The van der Waals surface area contributed by atoms with Gasteiger partial charge >= 0.3 is 0 Å². The van der Waals surface area contributed by atoms with E-state index in [-0.39, 0.29) is 11.2 Å².